The van der Waals surface area contributed by atoms with Gasteiger partial charge in [-0.15, -0.1) is 0 Å². The SMILES string of the molecule is CC(C)C(N)C(=O)NC(Cc1ccccc1)C(=O)NC(Cc1c[nH]c2ccccc12)C(=O)NCC(=O)O. The van der Waals surface area contributed by atoms with Gasteiger partial charge in [-0.05, 0) is 23.1 Å². The summed E-state index contributed by atoms with van der Waals surface area (Å²) in [7, 11) is 0. The minimum Gasteiger partial charge on any atom is -0.480 e. The summed E-state index contributed by atoms with van der Waals surface area (Å²) < 4.78 is 0. The number of para-hydroxylation sites is 1. The number of carboxylic acids is 1. The number of carbonyl (C=O) groups is 4. The van der Waals surface area contributed by atoms with Gasteiger partial charge in [0.25, 0.3) is 0 Å². The summed E-state index contributed by atoms with van der Waals surface area (Å²) in [6, 6.07) is 13.8. The number of nitrogens with one attached hydrogen (secondary N) is 4. The minimum absolute atomic E-state index is 0.110. The normalized spacial score (nSPS) is 13.5. The van der Waals surface area contributed by atoms with Crippen LogP contribution in [0.25, 0.3) is 10.9 Å². The van der Waals surface area contributed by atoms with Crippen molar-refractivity contribution in [2.75, 3.05) is 6.54 Å². The van der Waals surface area contributed by atoms with Crippen molar-refractivity contribution in [1.82, 2.24) is 20.9 Å². The summed E-state index contributed by atoms with van der Waals surface area (Å²) in [5.74, 6) is -3.05. The second-order valence-electron chi connectivity index (χ2n) is 9.26. The number of amides is 3. The summed E-state index contributed by atoms with van der Waals surface area (Å²) in [6.45, 7) is 3.02. The molecule has 3 amide bonds. The number of aliphatic carboxylic acids is 1. The van der Waals surface area contributed by atoms with Crippen molar-refractivity contribution in [2.45, 2.75) is 44.8 Å². The zero-order valence-corrected chi connectivity index (χ0v) is 20.9. The van der Waals surface area contributed by atoms with E-state index in [0.29, 0.717) is 0 Å². The van der Waals surface area contributed by atoms with Crippen molar-refractivity contribution in [3.8, 4) is 0 Å². The second-order valence-corrected chi connectivity index (χ2v) is 9.26. The number of rotatable bonds is 12. The number of aromatic nitrogens is 1. The molecule has 3 aromatic rings. The molecule has 3 atom stereocenters. The van der Waals surface area contributed by atoms with E-state index in [4.69, 9.17) is 10.8 Å². The molecule has 2 aromatic carbocycles. The quantitative estimate of drug-likeness (QED) is 0.215. The summed E-state index contributed by atoms with van der Waals surface area (Å²) in [5, 5.41) is 17.7. The highest BCUT2D eigenvalue weighted by Crippen LogP contribution is 2.19. The third kappa shape index (κ3) is 7.65. The van der Waals surface area contributed by atoms with E-state index in [2.05, 4.69) is 20.9 Å². The molecule has 0 aliphatic rings. The van der Waals surface area contributed by atoms with Gasteiger partial charge in [0.2, 0.25) is 17.7 Å². The van der Waals surface area contributed by atoms with Crippen LogP contribution >= 0.6 is 0 Å². The number of H-pyrrole nitrogens is 1. The Hall–Kier alpha value is -4.18. The maximum atomic E-state index is 13.4. The number of hydrogen-bond donors (Lipinski definition) is 6. The minimum atomic E-state index is -1.21. The van der Waals surface area contributed by atoms with Gasteiger partial charge in [-0.25, -0.2) is 0 Å². The first kappa shape index (κ1) is 27.4. The summed E-state index contributed by atoms with van der Waals surface area (Å²) >= 11 is 0. The van der Waals surface area contributed by atoms with Crippen LogP contribution in [0.3, 0.4) is 0 Å². The van der Waals surface area contributed by atoms with Crippen LogP contribution in [0.15, 0.2) is 60.8 Å². The fourth-order valence-corrected chi connectivity index (χ4v) is 3.92. The van der Waals surface area contributed by atoms with Crippen LogP contribution in [0.1, 0.15) is 25.0 Å². The predicted molar refractivity (Wildman–Crippen MR) is 139 cm³/mol. The third-order valence-electron chi connectivity index (χ3n) is 6.08. The molecule has 7 N–H and O–H groups in total. The molecule has 0 saturated carbocycles. The van der Waals surface area contributed by atoms with Gasteiger partial charge in [0, 0.05) is 29.9 Å². The van der Waals surface area contributed by atoms with Crippen molar-refractivity contribution in [1.29, 1.82) is 0 Å². The number of fused-ring (bicyclic) bond motifs is 1. The fraction of sp³-hybridized carbons (Fsp3) is 0.333. The first-order chi connectivity index (χ1) is 17.7. The molecule has 0 fully saturated rings. The largest absolute Gasteiger partial charge is 0.480 e. The second kappa shape index (κ2) is 12.7. The summed E-state index contributed by atoms with van der Waals surface area (Å²) in [6.07, 6.45) is 2.04. The lowest BCUT2D eigenvalue weighted by atomic mass is 10.0. The summed E-state index contributed by atoms with van der Waals surface area (Å²) in [4.78, 5) is 53.3. The number of carboxylic acid groups (broad SMARTS) is 1. The van der Waals surface area contributed by atoms with Crippen molar-refractivity contribution < 1.29 is 24.3 Å². The molecule has 0 spiro atoms. The Bertz CT molecular complexity index is 1240. The fourth-order valence-electron chi connectivity index (χ4n) is 3.92. The lowest BCUT2D eigenvalue weighted by molar-refractivity contribution is -0.138. The van der Waals surface area contributed by atoms with E-state index in [1.54, 1.807) is 20.0 Å². The van der Waals surface area contributed by atoms with Crippen LogP contribution in [-0.2, 0) is 32.0 Å². The van der Waals surface area contributed by atoms with E-state index in [-0.39, 0.29) is 18.8 Å². The molecule has 0 radical (unpaired) electrons. The first-order valence-corrected chi connectivity index (χ1v) is 12.1. The molecule has 1 heterocycles. The van der Waals surface area contributed by atoms with E-state index in [1.165, 1.54) is 0 Å². The lowest BCUT2D eigenvalue weighted by Crippen LogP contribution is -2.57. The topological polar surface area (TPSA) is 166 Å². The van der Waals surface area contributed by atoms with Gasteiger partial charge in [-0.2, -0.15) is 0 Å². The van der Waals surface area contributed by atoms with Crippen molar-refractivity contribution in [3.63, 3.8) is 0 Å². The van der Waals surface area contributed by atoms with Gasteiger partial charge in [0.05, 0.1) is 6.04 Å². The van der Waals surface area contributed by atoms with E-state index >= 15 is 0 Å². The molecule has 3 unspecified atom stereocenters. The highest BCUT2D eigenvalue weighted by atomic mass is 16.4. The predicted octanol–water partition coefficient (Wildman–Crippen LogP) is 1.11. The lowest BCUT2D eigenvalue weighted by Gasteiger charge is -2.25. The van der Waals surface area contributed by atoms with Crippen LogP contribution < -0.4 is 21.7 Å². The maximum absolute atomic E-state index is 13.4. The van der Waals surface area contributed by atoms with Crippen LogP contribution in [0.2, 0.25) is 0 Å². The first-order valence-electron chi connectivity index (χ1n) is 12.1. The number of benzene rings is 2. The Labute approximate surface area is 215 Å². The Morgan fingerprint density at radius 2 is 1.49 bits per heavy atom. The molecule has 10 heteroatoms. The monoisotopic (exact) mass is 507 g/mol. The Morgan fingerprint density at radius 3 is 2.16 bits per heavy atom. The van der Waals surface area contributed by atoms with Gasteiger partial charge in [0.15, 0.2) is 0 Å². The van der Waals surface area contributed by atoms with Crippen LogP contribution in [0.4, 0.5) is 0 Å². The maximum Gasteiger partial charge on any atom is 0.322 e. The van der Waals surface area contributed by atoms with E-state index in [9.17, 15) is 19.2 Å². The zero-order valence-electron chi connectivity index (χ0n) is 20.9. The average molecular weight is 508 g/mol. The van der Waals surface area contributed by atoms with Crippen molar-refractivity contribution >= 4 is 34.6 Å². The molecule has 0 saturated heterocycles. The molecule has 10 nitrogen and oxygen atoms in total. The smallest absolute Gasteiger partial charge is 0.322 e. The van der Waals surface area contributed by atoms with Crippen LogP contribution in [0, 0.1) is 5.92 Å². The standard InChI is InChI=1S/C27H33N5O5/c1-16(2)24(28)27(37)32-21(12-17-8-4-3-5-9-17)26(36)31-22(25(35)30-15-23(33)34)13-18-14-29-20-11-7-6-10-19(18)20/h3-11,14,16,21-22,24,29H,12-13,15,28H2,1-2H3,(H,30,35)(H,31,36)(H,32,37)(H,33,34). The Morgan fingerprint density at radius 1 is 0.865 bits per heavy atom. The number of aromatic amines is 1. The molecule has 37 heavy (non-hydrogen) atoms. The van der Waals surface area contributed by atoms with Gasteiger partial charge < -0.3 is 31.8 Å². The number of nitrogens with two attached hydrogens (primary N) is 1. The molecule has 0 aliphatic carbocycles. The zero-order chi connectivity index (χ0) is 26.9. The molecule has 1 aromatic heterocycles. The van der Waals surface area contributed by atoms with Gasteiger partial charge in [-0.3, -0.25) is 19.2 Å². The van der Waals surface area contributed by atoms with Crippen molar-refractivity contribution in [2.24, 2.45) is 11.7 Å². The van der Waals surface area contributed by atoms with Gasteiger partial charge in [-0.1, -0.05) is 62.4 Å². The van der Waals surface area contributed by atoms with Crippen LogP contribution in [0.5, 0.6) is 0 Å². The van der Waals surface area contributed by atoms with Gasteiger partial charge >= 0.3 is 5.97 Å². The molecule has 0 aliphatic heterocycles. The number of carbonyl (C=O) groups excluding carboxylic acids is 3. The molecule has 0 bridgehead atoms. The molecule has 196 valence electrons. The number of hydrogen-bond acceptors (Lipinski definition) is 5. The van der Waals surface area contributed by atoms with E-state index in [0.717, 1.165) is 22.0 Å². The molecule has 3 rings (SSSR count). The van der Waals surface area contributed by atoms with Crippen molar-refractivity contribution in [3.05, 3.63) is 71.9 Å². The van der Waals surface area contributed by atoms with E-state index < -0.39 is 48.4 Å². The highest BCUT2D eigenvalue weighted by Gasteiger charge is 2.29. The Kier molecular flexibility index (Phi) is 9.39. The molecular formula is C27H33N5O5. The average Bonchev–Trinajstić information content (AvgIpc) is 3.29. The van der Waals surface area contributed by atoms with Gasteiger partial charge in [0.1, 0.15) is 18.6 Å². The summed E-state index contributed by atoms with van der Waals surface area (Å²) in [5.41, 5.74) is 8.45. The van der Waals surface area contributed by atoms with Crippen LogP contribution in [-0.4, -0.2) is 58.5 Å². The highest BCUT2D eigenvalue weighted by molar-refractivity contribution is 5.94. The third-order valence-corrected chi connectivity index (χ3v) is 6.08. The Balaban J connectivity index is 1.85. The molecular weight excluding hydrogens is 474 g/mol. The van der Waals surface area contributed by atoms with E-state index in [1.807, 2.05) is 54.6 Å².